The van der Waals surface area contributed by atoms with E-state index in [1.807, 2.05) is 5.40 Å². The van der Waals surface area contributed by atoms with Crippen LogP contribution in [0.25, 0.3) is 0 Å². The van der Waals surface area contributed by atoms with Gasteiger partial charge in [-0.3, -0.25) is 9.59 Å². The highest BCUT2D eigenvalue weighted by molar-refractivity contribution is 8.06. The van der Waals surface area contributed by atoms with Gasteiger partial charge in [0.05, 0.1) is 22.0 Å². The van der Waals surface area contributed by atoms with Crippen molar-refractivity contribution in [1.82, 2.24) is 4.90 Å². The van der Waals surface area contributed by atoms with Crippen molar-refractivity contribution in [1.29, 1.82) is 5.26 Å². The Labute approximate surface area is 202 Å². The van der Waals surface area contributed by atoms with Crippen molar-refractivity contribution in [2.45, 2.75) is 32.8 Å². The summed E-state index contributed by atoms with van der Waals surface area (Å²) in [7, 11) is 0. The number of thioether (sulfide) groups is 2. The lowest BCUT2D eigenvalue weighted by molar-refractivity contribution is -0.168. The molecule has 0 aliphatic carbocycles. The molecule has 0 spiro atoms. The largest absolute Gasteiger partial charge is 0.460 e. The highest BCUT2D eigenvalue weighted by Crippen LogP contribution is 2.57. The first kappa shape index (κ1) is 24.3. The molecule has 2 aliphatic heterocycles. The van der Waals surface area contributed by atoms with Crippen LogP contribution < -0.4 is 5.73 Å². The number of nitriles is 1. The van der Waals surface area contributed by atoms with Crippen LogP contribution in [0.4, 0.5) is 0 Å². The third-order valence-corrected chi connectivity index (χ3v) is 8.27. The molecule has 31 heavy (non-hydrogen) atoms. The summed E-state index contributed by atoms with van der Waals surface area (Å²) in [5, 5.41) is 10.5. The number of thiocyanates is 1. The van der Waals surface area contributed by atoms with E-state index in [1.165, 1.54) is 16.7 Å². The van der Waals surface area contributed by atoms with E-state index in [0.717, 1.165) is 11.8 Å². The number of hydrogen-bond donors (Lipinski definition) is 1. The third-order valence-electron chi connectivity index (χ3n) is 5.22. The van der Waals surface area contributed by atoms with E-state index in [0.29, 0.717) is 5.56 Å². The number of nitrogens with zero attached hydrogens (tertiary/aromatic N) is 2. The topological polar surface area (TPSA) is 113 Å². The molecule has 1 aromatic carbocycles. The minimum absolute atomic E-state index is 0.251. The van der Waals surface area contributed by atoms with Gasteiger partial charge in [0.15, 0.2) is 0 Å². The minimum Gasteiger partial charge on any atom is -0.460 e. The molecule has 12 heteroatoms. The fraction of sp³-hybridized carbons (Fsp3) is 0.474. The first-order valence-electron chi connectivity index (χ1n) is 9.08. The maximum atomic E-state index is 13.2. The summed E-state index contributed by atoms with van der Waals surface area (Å²) >= 11 is 19.4. The van der Waals surface area contributed by atoms with E-state index in [2.05, 4.69) is 0 Å². The number of primary amides is 1. The molecule has 5 unspecified atom stereocenters. The van der Waals surface area contributed by atoms with Gasteiger partial charge >= 0.3 is 5.97 Å². The maximum absolute atomic E-state index is 13.2. The molecule has 166 valence electrons. The number of alkyl halides is 3. The molecule has 7 nitrogen and oxygen atoms in total. The third kappa shape index (κ3) is 4.88. The molecule has 2 N–H and O–H groups in total. The van der Waals surface area contributed by atoms with Gasteiger partial charge in [-0.05, 0) is 24.2 Å². The molecule has 5 atom stereocenters. The Balaban J connectivity index is 1.91. The number of halogens is 3. The number of rotatable bonds is 7. The van der Waals surface area contributed by atoms with Crippen molar-refractivity contribution < 1.29 is 19.1 Å². The molecular weight excluding hydrogens is 505 g/mol. The minimum atomic E-state index is -1.80. The van der Waals surface area contributed by atoms with E-state index < -0.39 is 50.3 Å². The van der Waals surface area contributed by atoms with Crippen LogP contribution in [0.1, 0.15) is 18.4 Å². The van der Waals surface area contributed by atoms with Gasteiger partial charge in [-0.2, -0.15) is 5.26 Å². The number of fused-ring (bicyclic) bond motifs is 1. The van der Waals surface area contributed by atoms with Gasteiger partial charge in [0, 0.05) is 5.75 Å². The van der Waals surface area contributed by atoms with Gasteiger partial charge < -0.3 is 15.4 Å². The molecule has 2 heterocycles. The van der Waals surface area contributed by atoms with Gasteiger partial charge in [-0.25, -0.2) is 4.79 Å². The summed E-state index contributed by atoms with van der Waals surface area (Å²) in [6.45, 7) is 1.29. The SMILES string of the molecule is CC1(CSC#N)SC2C(C(C(N)=O)c3ccccc3)C(=O)N2C1C(=O)OCC(Cl)(Cl)Cl. The lowest BCUT2D eigenvalue weighted by Gasteiger charge is -2.46. The van der Waals surface area contributed by atoms with Gasteiger partial charge in [0.2, 0.25) is 15.6 Å². The van der Waals surface area contributed by atoms with Crippen LogP contribution in [0.15, 0.2) is 30.3 Å². The fourth-order valence-electron chi connectivity index (χ4n) is 3.95. The predicted molar refractivity (Wildman–Crippen MR) is 122 cm³/mol. The summed E-state index contributed by atoms with van der Waals surface area (Å²) in [6.07, 6.45) is 0. The summed E-state index contributed by atoms with van der Waals surface area (Å²) in [5.41, 5.74) is 6.29. The van der Waals surface area contributed by atoms with Gasteiger partial charge in [0.1, 0.15) is 18.0 Å². The lowest BCUT2D eigenvalue weighted by atomic mass is 9.78. The second-order valence-corrected chi connectivity index (χ2v) is 12.3. The molecule has 0 bridgehead atoms. The smallest absolute Gasteiger partial charge is 0.330 e. The second-order valence-electron chi connectivity index (χ2n) is 7.39. The quantitative estimate of drug-likeness (QED) is 0.253. The average molecular weight is 523 g/mol. The molecule has 2 saturated heterocycles. The highest BCUT2D eigenvalue weighted by atomic mass is 35.6. The van der Waals surface area contributed by atoms with E-state index in [1.54, 1.807) is 37.3 Å². The summed E-state index contributed by atoms with van der Waals surface area (Å²) in [4.78, 5) is 39.8. The Bertz CT molecular complexity index is 924. The van der Waals surface area contributed by atoms with Crippen molar-refractivity contribution in [3.63, 3.8) is 0 Å². The number of carbonyl (C=O) groups excluding carboxylic acids is 3. The molecule has 0 radical (unpaired) electrons. The number of esters is 1. The zero-order chi connectivity index (χ0) is 23.0. The summed E-state index contributed by atoms with van der Waals surface area (Å²) in [5.74, 6) is -3.06. The van der Waals surface area contributed by atoms with Crippen molar-refractivity contribution in [3.05, 3.63) is 35.9 Å². The fourth-order valence-corrected chi connectivity index (χ4v) is 6.72. The zero-order valence-electron chi connectivity index (χ0n) is 16.2. The Morgan fingerprint density at radius 3 is 2.58 bits per heavy atom. The van der Waals surface area contributed by atoms with Crippen LogP contribution in [-0.2, 0) is 19.1 Å². The number of amides is 2. The van der Waals surface area contributed by atoms with E-state index in [-0.39, 0.29) is 11.7 Å². The van der Waals surface area contributed by atoms with E-state index >= 15 is 0 Å². The molecule has 0 saturated carbocycles. The highest BCUT2D eigenvalue weighted by Gasteiger charge is 2.67. The molecular formula is C19H18Cl3N3O4S2. The molecule has 0 aromatic heterocycles. The molecule has 1 aromatic rings. The number of benzene rings is 1. The summed E-state index contributed by atoms with van der Waals surface area (Å²) in [6, 6.07) is 7.80. The second kappa shape index (κ2) is 9.28. The maximum Gasteiger partial charge on any atom is 0.330 e. The number of hydrogen-bond acceptors (Lipinski definition) is 7. The van der Waals surface area contributed by atoms with Crippen molar-refractivity contribution >= 4 is 76.1 Å². The normalized spacial score (nSPS) is 28.3. The number of ether oxygens (including phenoxy) is 1. The van der Waals surface area contributed by atoms with Crippen molar-refractivity contribution in [3.8, 4) is 5.40 Å². The standard InChI is InChI=1S/C19H18Cl3N3O4S2/c1-18(8-30-9-23)13(17(28)29-7-19(20,21)22)25-15(27)12(16(25)31-18)11(14(24)26)10-5-3-2-4-6-10/h2-6,11-13,16H,7-8H2,1H3,(H2,24,26). The first-order valence-corrected chi connectivity index (χ1v) is 12.1. The van der Waals surface area contributed by atoms with Crippen LogP contribution in [0, 0.1) is 16.6 Å². The van der Waals surface area contributed by atoms with Gasteiger partial charge in [-0.15, -0.1) is 11.8 Å². The predicted octanol–water partition coefficient (Wildman–Crippen LogP) is 3.04. The van der Waals surface area contributed by atoms with Crippen molar-refractivity contribution in [2.24, 2.45) is 11.7 Å². The number of carbonyl (C=O) groups is 3. The van der Waals surface area contributed by atoms with Gasteiger partial charge in [0.25, 0.3) is 0 Å². The molecule has 3 rings (SSSR count). The van der Waals surface area contributed by atoms with Crippen molar-refractivity contribution in [2.75, 3.05) is 12.4 Å². The van der Waals surface area contributed by atoms with E-state index in [9.17, 15) is 14.4 Å². The van der Waals surface area contributed by atoms with Crippen LogP contribution >= 0.6 is 58.3 Å². The Kier molecular flexibility index (Phi) is 7.28. The number of β-lactam (4-membered cyclic amide) rings is 1. The number of nitrogens with two attached hydrogens (primary N) is 1. The zero-order valence-corrected chi connectivity index (χ0v) is 20.1. The lowest BCUT2D eigenvalue weighted by Crippen LogP contribution is -2.65. The van der Waals surface area contributed by atoms with E-state index in [4.69, 9.17) is 50.5 Å². The monoisotopic (exact) mass is 521 g/mol. The Morgan fingerprint density at radius 1 is 1.39 bits per heavy atom. The first-order chi connectivity index (χ1) is 14.5. The van der Waals surface area contributed by atoms with Crippen LogP contribution in [0.3, 0.4) is 0 Å². The van der Waals surface area contributed by atoms with Gasteiger partial charge in [-0.1, -0.05) is 65.1 Å². The molecule has 2 aliphatic rings. The molecule has 2 amide bonds. The van der Waals surface area contributed by atoms with Crippen LogP contribution in [0.2, 0.25) is 0 Å². The van der Waals surface area contributed by atoms with Crippen LogP contribution in [-0.4, -0.2) is 55.0 Å². The average Bonchev–Trinajstić information content (AvgIpc) is 2.98. The Hall–Kier alpha value is -1.31. The molecule has 2 fully saturated rings. The van der Waals surface area contributed by atoms with Crippen LogP contribution in [0.5, 0.6) is 0 Å². The summed E-state index contributed by atoms with van der Waals surface area (Å²) < 4.78 is 2.52. The Morgan fingerprint density at radius 2 is 2.03 bits per heavy atom.